The molecule has 1 aliphatic rings. The van der Waals surface area contributed by atoms with Gasteiger partial charge in [0.2, 0.25) is 0 Å². The Bertz CT molecular complexity index is 139. The van der Waals surface area contributed by atoms with Crippen LogP contribution >= 0.6 is 0 Å². The summed E-state index contributed by atoms with van der Waals surface area (Å²) < 4.78 is 0. The number of hydrogen-bond donors (Lipinski definition) is 2. The van der Waals surface area contributed by atoms with Crippen LogP contribution < -0.4 is 10.6 Å². The van der Waals surface area contributed by atoms with Crippen LogP contribution in [0.15, 0.2) is 0 Å². The Kier molecular flexibility index (Phi) is 5.49. The van der Waals surface area contributed by atoms with Crippen LogP contribution in [0.2, 0.25) is 0 Å². The van der Waals surface area contributed by atoms with Gasteiger partial charge in [-0.2, -0.15) is 0 Å². The van der Waals surface area contributed by atoms with Crippen LogP contribution in [0.5, 0.6) is 0 Å². The summed E-state index contributed by atoms with van der Waals surface area (Å²) in [5.74, 6) is 0. The molecule has 1 rings (SSSR count). The molecular formula is C12H26N2. The fraction of sp³-hybridized carbons (Fsp3) is 1.00. The maximum absolute atomic E-state index is 3.61. The maximum Gasteiger partial charge on any atom is 0.00199 e. The van der Waals surface area contributed by atoms with Crippen molar-refractivity contribution in [2.75, 3.05) is 26.2 Å². The summed E-state index contributed by atoms with van der Waals surface area (Å²) in [5, 5.41) is 7.14. The molecule has 1 saturated heterocycles. The van der Waals surface area contributed by atoms with Crippen LogP contribution in [-0.2, 0) is 0 Å². The van der Waals surface area contributed by atoms with Crippen molar-refractivity contribution in [2.24, 2.45) is 5.41 Å². The van der Waals surface area contributed by atoms with Crippen LogP contribution in [0.3, 0.4) is 0 Å². The van der Waals surface area contributed by atoms with E-state index in [1.807, 2.05) is 0 Å². The Hall–Kier alpha value is -0.0800. The Morgan fingerprint density at radius 1 is 1.36 bits per heavy atom. The molecule has 1 aliphatic heterocycles. The zero-order chi connectivity index (χ0) is 10.3. The first-order valence-electron chi connectivity index (χ1n) is 6.24. The van der Waals surface area contributed by atoms with E-state index in [4.69, 9.17) is 0 Å². The molecule has 0 spiro atoms. The van der Waals surface area contributed by atoms with Gasteiger partial charge in [-0.05, 0) is 44.2 Å². The first kappa shape index (κ1) is 12.0. The molecular weight excluding hydrogens is 172 g/mol. The lowest BCUT2D eigenvalue weighted by atomic mass is 9.78. The molecule has 0 bridgehead atoms. The van der Waals surface area contributed by atoms with Crippen LogP contribution in [0.25, 0.3) is 0 Å². The molecule has 0 radical (unpaired) electrons. The molecule has 2 heteroatoms. The molecule has 2 nitrogen and oxygen atoms in total. The lowest BCUT2D eigenvalue weighted by Crippen LogP contribution is -2.46. The minimum Gasteiger partial charge on any atom is -0.316 e. The highest BCUT2D eigenvalue weighted by Crippen LogP contribution is 2.28. The molecule has 0 aromatic carbocycles. The zero-order valence-corrected chi connectivity index (χ0v) is 9.86. The topological polar surface area (TPSA) is 24.1 Å². The van der Waals surface area contributed by atoms with Crippen LogP contribution in [0.1, 0.15) is 46.0 Å². The number of hydrogen-bond acceptors (Lipinski definition) is 2. The second-order valence-electron chi connectivity index (χ2n) is 4.66. The van der Waals surface area contributed by atoms with Crippen LogP contribution in [0, 0.1) is 5.41 Å². The van der Waals surface area contributed by atoms with Gasteiger partial charge in [-0.25, -0.2) is 0 Å². The van der Waals surface area contributed by atoms with E-state index in [9.17, 15) is 0 Å². The van der Waals surface area contributed by atoms with E-state index < -0.39 is 0 Å². The minimum absolute atomic E-state index is 0.548. The highest BCUT2D eigenvalue weighted by molar-refractivity contribution is 4.86. The molecule has 1 heterocycles. The fourth-order valence-corrected chi connectivity index (χ4v) is 2.26. The molecule has 0 saturated carbocycles. The van der Waals surface area contributed by atoms with Crippen molar-refractivity contribution >= 4 is 0 Å². The third-order valence-electron chi connectivity index (χ3n) is 3.52. The Morgan fingerprint density at radius 2 is 2.21 bits per heavy atom. The largest absolute Gasteiger partial charge is 0.316 e. The van der Waals surface area contributed by atoms with Gasteiger partial charge in [-0.15, -0.1) is 0 Å². The van der Waals surface area contributed by atoms with Gasteiger partial charge in [0, 0.05) is 13.1 Å². The molecule has 1 unspecified atom stereocenters. The summed E-state index contributed by atoms with van der Waals surface area (Å²) in [6.07, 6.45) is 6.66. The minimum atomic E-state index is 0.548. The van der Waals surface area contributed by atoms with E-state index in [1.165, 1.54) is 58.3 Å². The average Bonchev–Trinajstić information content (AvgIpc) is 2.26. The van der Waals surface area contributed by atoms with E-state index in [-0.39, 0.29) is 0 Å². The highest BCUT2D eigenvalue weighted by atomic mass is 14.9. The van der Waals surface area contributed by atoms with Crippen molar-refractivity contribution < 1.29 is 0 Å². The highest BCUT2D eigenvalue weighted by Gasteiger charge is 2.29. The predicted molar refractivity (Wildman–Crippen MR) is 62.6 cm³/mol. The number of nitrogens with one attached hydrogen (secondary N) is 2. The van der Waals surface area contributed by atoms with Crippen LogP contribution in [0.4, 0.5) is 0 Å². The maximum atomic E-state index is 3.61. The fourth-order valence-electron chi connectivity index (χ4n) is 2.26. The molecule has 14 heavy (non-hydrogen) atoms. The van der Waals surface area contributed by atoms with Gasteiger partial charge < -0.3 is 10.6 Å². The molecule has 1 atom stereocenters. The van der Waals surface area contributed by atoms with Crippen molar-refractivity contribution in [2.45, 2.75) is 46.0 Å². The Morgan fingerprint density at radius 3 is 2.79 bits per heavy atom. The Balaban J connectivity index is 2.22. The van der Waals surface area contributed by atoms with Crippen molar-refractivity contribution in [3.63, 3.8) is 0 Å². The zero-order valence-electron chi connectivity index (χ0n) is 9.86. The van der Waals surface area contributed by atoms with E-state index in [2.05, 4.69) is 24.5 Å². The summed E-state index contributed by atoms with van der Waals surface area (Å²) in [6.45, 7) is 9.40. The summed E-state index contributed by atoms with van der Waals surface area (Å²) in [6, 6.07) is 0. The number of rotatable bonds is 6. The molecule has 0 aromatic heterocycles. The van der Waals surface area contributed by atoms with Crippen molar-refractivity contribution in [1.29, 1.82) is 0 Å². The lowest BCUT2D eigenvalue weighted by Gasteiger charge is -2.37. The first-order valence-corrected chi connectivity index (χ1v) is 6.24. The molecule has 1 fully saturated rings. The Labute approximate surface area is 88.8 Å². The summed E-state index contributed by atoms with van der Waals surface area (Å²) >= 11 is 0. The van der Waals surface area contributed by atoms with Crippen molar-refractivity contribution in [1.82, 2.24) is 10.6 Å². The monoisotopic (exact) mass is 198 g/mol. The van der Waals surface area contributed by atoms with E-state index in [0.717, 1.165) is 0 Å². The van der Waals surface area contributed by atoms with Crippen LogP contribution in [-0.4, -0.2) is 26.2 Å². The molecule has 0 aliphatic carbocycles. The quantitative estimate of drug-likeness (QED) is 0.639. The first-order chi connectivity index (χ1) is 6.83. The average molecular weight is 198 g/mol. The molecule has 84 valence electrons. The van der Waals surface area contributed by atoms with Crippen molar-refractivity contribution in [3.05, 3.63) is 0 Å². The second kappa shape index (κ2) is 6.41. The molecule has 2 N–H and O–H groups in total. The predicted octanol–water partition coefficient (Wildman–Crippen LogP) is 2.16. The smallest absolute Gasteiger partial charge is 0.00199 e. The van der Waals surface area contributed by atoms with Gasteiger partial charge in [0.25, 0.3) is 0 Å². The summed E-state index contributed by atoms with van der Waals surface area (Å²) in [5.41, 5.74) is 0.548. The third kappa shape index (κ3) is 3.58. The third-order valence-corrected chi connectivity index (χ3v) is 3.52. The summed E-state index contributed by atoms with van der Waals surface area (Å²) in [4.78, 5) is 0. The van der Waals surface area contributed by atoms with Gasteiger partial charge in [-0.3, -0.25) is 0 Å². The number of piperidine rings is 1. The lowest BCUT2D eigenvalue weighted by molar-refractivity contribution is 0.193. The normalized spacial score (nSPS) is 27.9. The SMILES string of the molecule is CCCCNCC1(CC)CCCNC1. The standard InChI is InChI=1S/C12H26N2/c1-3-5-8-13-10-12(4-2)7-6-9-14-11-12/h13-14H,3-11H2,1-2H3. The van der Waals surface area contributed by atoms with Gasteiger partial charge in [0.05, 0.1) is 0 Å². The van der Waals surface area contributed by atoms with E-state index >= 15 is 0 Å². The van der Waals surface area contributed by atoms with Gasteiger partial charge >= 0.3 is 0 Å². The van der Waals surface area contributed by atoms with E-state index in [1.54, 1.807) is 0 Å². The second-order valence-corrected chi connectivity index (χ2v) is 4.66. The molecule has 0 amide bonds. The van der Waals surface area contributed by atoms with Gasteiger partial charge in [0.1, 0.15) is 0 Å². The summed E-state index contributed by atoms with van der Waals surface area (Å²) in [7, 11) is 0. The van der Waals surface area contributed by atoms with Gasteiger partial charge in [0.15, 0.2) is 0 Å². The number of unbranched alkanes of at least 4 members (excludes halogenated alkanes) is 1. The van der Waals surface area contributed by atoms with E-state index in [0.29, 0.717) is 5.41 Å². The van der Waals surface area contributed by atoms with Crippen molar-refractivity contribution in [3.8, 4) is 0 Å². The molecule has 0 aromatic rings. The van der Waals surface area contributed by atoms with Gasteiger partial charge in [-0.1, -0.05) is 20.3 Å².